The largest absolute Gasteiger partial charge is 0.393 e. The molecular formula is C24H42O3. The molecule has 1 aliphatic heterocycles. The minimum atomic E-state index is -0.468. The van der Waals surface area contributed by atoms with E-state index < -0.39 is 5.60 Å². The average Bonchev–Trinajstić information content (AvgIpc) is 2.67. The standard InChI is InChI=1S/C16H26O2.C8H16O/c1-12(2)13(3)15-8-6-14(7-9-15)10-18-16(4,5)11-17;1-7(2)8-5-3-4-6-9-8/h6-9,12-13,17H,10-11H2,1-5H3;7-8H,3-6H2,1-2H3. The summed E-state index contributed by atoms with van der Waals surface area (Å²) in [7, 11) is 0. The molecular weight excluding hydrogens is 336 g/mol. The lowest BCUT2D eigenvalue weighted by Gasteiger charge is -2.25. The Balaban J connectivity index is 0.000000337. The van der Waals surface area contributed by atoms with E-state index >= 15 is 0 Å². The van der Waals surface area contributed by atoms with Gasteiger partial charge in [0.05, 0.1) is 24.9 Å². The van der Waals surface area contributed by atoms with Gasteiger partial charge in [-0.1, -0.05) is 58.9 Å². The number of hydrogen-bond acceptors (Lipinski definition) is 3. The summed E-state index contributed by atoms with van der Waals surface area (Å²) in [5.41, 5.74) is 2.05. The van der Waals surface area contributed by atoms with Gasteiger partial charge in [0.25, 0.3) is 0 Å². The lowest BCUT2D eigenvalue weighted by atomic mass is 9.90. The van der Waals surface area contributed by atoms with Crippen LogP contribution in [0.4, 0.5) is 0 Å². The summed E-state index contributed by atoms with van der Waals surface area (Å²) in [6.45, 7) is 16.6. The second-order valence-electron chi connectivity index (χ2n) is 9.13. The van der Waals surface area contributed by atoms with Gasteiger partial charge < -0.3 is 14.6 Å². The Hall–Kier alpha value is -0.900. The van der Waals surface area contributed by atoms with E-state index in [4.69, 9.17) is 14.6 Å². The maximum absolute atomic E-state index is 9.13. The van der Waals surface area contributed by atoms with E-state index in [1.54, 1.807) is 0 Å². The van der Waals surface area contributed by atoms with Crippen molar-refractivity contribution in [3.63, 3.8) is 0 Å². The fraction of sp³-hybridized carbons (Fsp3) is 0.750. The molecule has 0 amide bonds. The Labute approximate surface area is 167 Å². The molecule has 1 aliphatic rings. The highest BCUT2D eigenvalue weighted by molar-refractivity contribution is 5.25. The van der Waals surface area contributed by atoms with Crippen molar-refractivity contribution >= 4 is 0 Å². The van der Waals surface area contributed by atoms with Gasteiger partial charge in [0, 0.05) is 6.61 Å². The number of benzene rings is 1. The van der Waals surface area contributed by atoms with Crippen LogP contribution in [-0.2, 0) is 16.1 Å². The predicted octanol–water partition coefficient (Wildman–Crippen LogP) is 5.95. The van der Waals surface area contributed by atoms with Gasteiger partial charge in [-0.15, -0.1) is 0 Å². The Morgan fingerprint density at radius 1 is 1.07 bits per heavy atom. The zero-order chi connectivity index (χ0) is 20.4. The number of ether oxygens (including phenoxy) is 2. The molecule has 1 fully saturated rings. The molecule has 1 N–H and O–H groups in total. The molecule has 0 saturated carbocycles. The number of aliphatic hydroxyl groups excluding tert-OH is 1. The van der Waals surface area contributed by atoms with Crippen molar-refractivity contribution in [2.24, 2.45) is 11.8 Å². The number of aliphatic hydroxyl groups is 1. The van der Waals surface area contributed by atoms with Crippen LogP contribution in [0.3, 0.4) is 0 Å². The molecule has 1 heterocycles. The quantitative estimate of drug-likeness (QED) is 0.637. The Morgan fingerprint density at radius 2 is 1.70 bits per heavy atom. The first-order chi connectivity index (χ1) is 12.7. The van der Waals surface area contributed by atoms with Crippen LogP contribution in [0.15, 0.2) is 24.3 Å². The second-order valence-corrected chi connectivity index (χ2v) is 9.13. The van der Waals surface area contributed by atoms with E-state index in [2.05, 4.69) is 58.9 Å². The van der Waals surface area contributed by atoms with Crippen molar-refractivity contribution < 1.29 is 14.6 Å². The molecule has 156 valence electrons. The van der Waals surface area contributed by atoms with Crippen molar-refractivity contribution in [1.29, 1.82) is 0 Å². The first-order valence-electron chi connectivity index (χ1n) is 10.6. The van der Waals surface area contributed by atoms with E-state index in [9.17, 15) is 0 Å². The van der Waals surface area contributed by atoms with Gasteiger partial charge in [-0.25, -0.2) is 0 Å². The highest BCUT2D eigenvalue weighted by Gasteiger charge is 2.17. The summed E-state index contributed by atoms with van der Waals surface area (Å²) < 4.78 is 11.2. The molecule has 0 aromatic heterocycles. The first-order valence-corrected chi connectivity index (χ1v) is 10.6. The van der Waals surface area contributed by atoms with Crippen LogP contribution >= 0.6 is 0 Å². The molecule has 1 aromatic carbocycles. The smallest absolute Gasteiger partial charge is 0.0860 e. The first kappa shape index (κ1) is 24.1. The lowest BCUT2D eigenvalue weighted by Crippen LogP contribution is -2.28. The molecule has 2 atom stereocenters. The van der Waals surface area contributed by atoms with Gasteiger partial charge in [0.1, 0.15) is 0 Å². The van der Waals surface area contributed by atoms with Crippen LogP contribution in [0.1, 0.15) is 84.8 Å². The van der Waals surface area contributed by atoms with Crippen LogP contribution < -0.4 is 0 Å². The van der Waals surface area contributed by atoms with Crippen LogP contribution in [0.2, 0.25) is 0 Å². The summed E-state index contributed by atoms with van der Waals surface area (Å²) in [5, 5.41) is 9.13. The second kappa shape index (κ2) is 11.8. The molecule has 3 nitrogen and oxygen atoms in total. The molecule has 0 bridgehead atoms. The highest BCUT2D eigenvalue weighted by Crippen LogP contribution is 2.24. The number of rotatable bonds is 7. The molecule has 2 rings (SSSR count). The summed E-state index contributed by atoms with van der Waals surface area (Å²) in [6.07, 6.45) is 4.46. The summed E-state index contributed by atoms with van der Waals surface area (Å²) in [6, 6.07) is 8.58. The molecule has 1 saturated heterocycles. The highest BCUT2D eigenvalue weighted by atomic mass is 16.5. The summed E-state index contributed by atoms with van der Waals surface area (Å²) >= 11 is 0. The third-order valence-corrected chi connectivity index (χ3v) is 5.47. The maximum Gasteiger partial charge on any atom is 0.0860 e. The predicted molar refractivity (Wildman–Crippen MR) is 114 cm³/mol. The van der Waals surface area contributed by atoms with Crippen molar-refractivity contribution in [3.05, 3.63) is 35.4 Å². The van der Waals surface area contributed by atoms with Crippen LogP contribution in [0.5, 0.6) is 0 Å². The van der Waals surface area contributed by atoms with E-state index in [1.807, 2.05) is 13.8 Å². The zero-order valence-corrected chi connectivity index (χ0v) is 18.6. The Bertz CT molecular complexity index is 499. The normalized spacial score (nSPS) is 19.0. The van der Waals surface area contributed by atoms with Gasteiger partial charge in [0.2, 0.25) is 0 Å². The third kappa shape index (κ3) is 9.23. The van der Waals surface area contributed by atoms with Crippen LogP contribution in [0.25, 0.3) is 0 Å². The van der Waals surface area contributed by atoms with Gasteiger partial charge in [-0.05, 0) is 62.0 Å². The lowest BCUT2D eigenvalue weighted by molar-refractivity contribution is -0.0633. The monoisotopic (exact) mass is 378 g/mol. The van der Waals surface area contributed by atoms with Crippen molar-refractivity contribution in [2.45, 2.75) is 92.0 Å². The van der Waals surface area contributed by atoms with E-state index in [1.165, 1.54) is 24.8 Å². The Morgan fingerprint density at radius 3 is 2.11 bits per heavy atom. The topological polar surface area (TPSA) is 38.7 Å². The average molecular weight is 379 g/mol. The fourth-order valence-corrected chi connectivity index (χ4v) is 2.92. The van der Waals surface area contributed by atoms with E-state index in [0.29, 0.717) is 30.5 Å². The van der Waals surface area contributed by atoms with Crippen molar-refractivity contribution in [2.75, 3.05) is 13.2 Å². The molecule has 3 heteroatoms. The molecule has 1 aromatic rings. The number of hydrogen-bond donors (Lipinski definition) is 1. The third-order valence-electron chi connectivity index (χ3n) is 5.47. The SMILES string of the molecule is CC(C)C(C)c1ccc(COC(C)(C)CO)cc1.CC(C)C1CCCCO1. The molecule has 0 aliphatic carbocycles. The van der Waals surface area contributed by atoms with Crippen LogP contribution in [0, 0.1) is 11.8 Å². The van der Waals surface area contributed by atoms with E-state index in [-0.39, 0.29) is 6.61 Å². The minimum absolute atomic E-state index is 0.0372. The van der Waals surface area contributed by atoms with Gasteiger partial charge in [0.15, 0.2) is 0 Å². The van der Waals surface area contributed by atoms with Crippen LogP contribution in [-0.4, -0.2) is 30.0 Å². The van der Waals surface area contributed by atoms with Gasteiger partial charge >= 0.3 is 0 Å². The van der Waals surface area contributed by atoms with Gasteiger partial charge in [-0.2, -0.15) is 0 Å². The molecule has 27 heavy (non-hydrogen) atoms. The van der Waals surface area contributed by atoms with E-state index in [0.717, 1.165) is 12.2 Å². The maximum atomic E-state index is 9.13. The van der Waals surface area contributed by atoms with Crippen molar-refractivity contribution in [1.82, 2.24) is 0 Å². The molecule has 0 spiro atoms. The molecule has 2 unspecified atom stereocenters. The summed E-state index contributed by atoms with van der Waals surface area (Å²) in [4.78, 5) is 0. The summed E-state index contributed by atoms with van der Waals surface area (Å²) in [5.74, 6) is 1.94. The van der Waals surface area contributed by atoms with Gasteiger partial charge in [-0.3, -0.25) is 0 Å². The molecule has 0 radical (unpaired) electrons. The Kier molecular flexibility index (Phi) is 10.6. The zero-order valence-electron chi connectivity index (χ0n) is 18.6. The van der Waals surface area contributed by atoms with Crippen molar-refractivity contribution in [3.8, 4) is 0 Å². The fourth-order valence-electron chi connectivity index (χ4n) is 2.92. The minimum Gasteiger partial charge on any atom is -0.393 e.